The largest absolute Gasteiger partial charge is 0.389 e. The fourth-order valence-electron chi connectivity index (χ4n) is 6.54. The standard InChI is InChI=1S/C20H32O2/c1-6-18(4)12-13-20(22)16(18)14(21)8-9-15-17(2,3)10-7-11-19(15,20)5/h6,15-16,22H,1,7-13H2,2-5H3/t15-,16?,18-,19-,20+/m0/s1. The fourth-order valence-corrected chi connectivity index (χ4v) is 6.54. The molecule has 22 heavy (non-hydrogen) atoms. The molecule has 1 unspecified atom stereocenters. The molecule has 3 aliphatic carbocycles. The number of ketones is 1. The summed E-state index contributed by atoms with van der Waals surface area (Å²) >= 11 is 0. The molecule has 0 heterocycles. The number of fused-ring (bicyclic) bond motifs is 3. The van der Waals surface area contributed by atoms with Gasteiger partial charge in [0, 0.05) is 11.8 Å². The van der Waals surface area contributed by atoms with Crippen LogP contribution >= 0.6 is 0 Å². The van der Waals surface area contributed by atoms with Crippen molar-refractivity contribution in [3.63, 3.8) is 0 Å². The molecule has 2 nitrogen and oxygen atoms in total. The van der Waals surface area contributed by atoms with Gasteiger partial charge in [0.1, 0.15) is 5.78 Å². The van der Waals surface area contributed by atoms with Gasteiger partial charge in [-0.05, 0) is 48.9 Å². The normalized spacial score (nSPS) is 50.9. The molecule has 0 saturated heterocycles. The number of carbonyl (C=O) groups excluding carboxylic acids is 1. The predicted octanol–water partition coefficient (Wildman–Crippen LogP) is 4.52. The molecule has 0 radical (unpaired) electrons. The van der Waals surface area contributed by atoms with E-state index in [-0.39, 0.29) is 27.9 Å². The van der Waals surface area contributed by atoms with E-state index in [0.717, 1.165) is 32.1 Å². The Bertz CT molecular complexity index is 508. The minimum Gasteiger partial charge on any atom is -0.389 e. The molecule has 124 valence electrons. The predicted molar refractivity (Wildman–Crippen MR) is 89.4 cm³/mol. The third kappa shape index (κ3) is 1.85. The van der Waals surface area contributed by atoms with Crippen LogP contribution in [0.2, 0.25) is 0 Å². The molecule has 0 aromatic rings. The molecule has 3 aliphatic rings. The number of carbonyl (C=O) groups is 1. The van der Waals surface area contributed by atoms with Gasteiger partial charge in [0.2, 0.25) is 0 Å². The van der Waals surface area contributed by atoms with Crippen molar-refractivity contribution in [1.29, 1.82) is 0 Å². The molecule has 5 atom stereocenters. The van der Waals surface area contributed by atoms with Crippen molar-refractivity contribution in [2.45, 2.75) is 78.2 Å². The summed E-state index contributed by atoms with van der Waals surface area (Å²) in [5.41, 5.74) is -1.03. The van der Waals surface area contributed by atoms with Gasteiger partial charge in [-0.25, -0.2) is 0 Å². The summed E-state index contributed by atoms with van der Waals surface area (Å²) in [6.07, 6.45) is 8.55. The second-order valence-electron chi connectivity index (χ2n) is 9.38. The Balaban J connectivity index is 2.15. The van der Waals surface area contributed by atoms with Crippen molar-refractivity contribution in [3.05, 3.63) is 12.7 Å². The molecule has 2 heteroatoms. The van der Waals surface area contributed by atoms with Crippen molar-refractivity contribution in [3.8, 4) is 0 Å². The van der Waals surface area contributed by atoms with Crippen LogP contribution < -0.4 is 0 Å². The Morgan fingerprint density at radius 2 is 1.82 bits per heavy atom. The number of hydrogen-bond acceptors (Lipinski definition) is 2. The van der Waals surface area contributed by atoms with Crippen molar-refractivity contribution in [2.75, 3.05) is 0 Å². The molecule has 0 bridgehead atoms. The van der Waals surface area contributed by atoms with E-state index in [1.54, 1.807) is 0 Å². The van der Waals surface area contributed by atoms with Crippen molar-refractivity contribution < 1.29 is 9.90 Å². The molecule has 1 N–H and O–H groups in total. The molecule has 0 amide bonds. The molecular formula is C20H32O2. The molecular weight excluding hydrogens is 272 g/mol. The fraction of sp³-hybridized carbons (Fsp3) is 0.850. The summed E-state index contributed by atoms with van der Waals surface area (Å²) in [7, 11) is 0. The van der Waals surface area contributed by atoms with E-state index >= 15 is 0 Å². The Kier molecular flexibility index (Phi) is 3.46. The summed E-state index contributed by atoms with van der Waals surface area (Å²) in [5, 5.41) is 11.8. The lowest BCUT2D eigenvalue weighted by Gasteiger charge is -2.57. The summed E-state index contributed by atoms with van der Waals surface area (Å²) < 4.78 is 0. The third-order valence-electron chi connectivity index (χ3n) is 7.87. The first-order chi connectivity index (χ1) is 10.1. The minimum atomic E-state index is -0.855. The van der Waals surface area contributed by atoms with Gasteiger partial charge in [-0.15, -0.1) is 6.58 Å². The van der Waals surface area contributed by atoms with E-state index in [1.807, 2.05) is 6.08 Å². The number of hydrogen-bond donors (Lipinski definition) is 1. The lowest BCUT2D eigenvalue weighted by Crippen LogP contribution is -2.59. The average molecular weight is 304 g/mol. The second kappa shape index (κ2) is 4.69. The first-order valence-electron chi connectivity index (χ1n) is 8.99. The maximum Gasteiger partial charge on any atom is 0.139 e. The van der Waals surface area contributed by atoms with Gasteiger partial charge < -0.3 is 5.11 Å². The van der Waals surface area contributed by atoms with Crippen LogP contribution in [-0.4, -0.2) is 16.5 Å². The zero-order valence-corrected chi connectivity index (χ0v) is 14.7. The highest BCUT2D eigenvalue weighted by atomic mass is 16.3. The van der Waals surface area contributed by atoms with Gasteiger partial charge in [0.05, 0.1) is 11.5 Å². The van der Waals surface area contributed by atoms with Crippen molar-refractivity contribution in [1.82, 2.24) is 0 Å². The zero-order valence-electron chi connectivity index (χ0n) is 14.7. The third-order valence-corrected chi connectivity index (χ3v) is 7.87. The molecule has 0 aromatic heterocycles. The number of aliphatic hydroxyl groups is 1. The van der Waals surface area contributed by atoms with E-state index in [9.17, 15) is 9.90 Å². The lowest BCUT2D eigenvalue weighted by molar-refractivity contribution is -0.176. The number of Topliss-reactive ketones (excluding diaryl/α,β-unsaturated/α-hetero) is 1. The van der Waals surface area contributed by atoms with Gasteiger partial charge in [-0.3, -0.25) is 4.79 Å². The van der Waals surface area contributed by atoms with Crippen molar-refractivity contribution in [2.24, 2.45) is 28.1 Å². The summed E-state index contributed by atoms with van der Waals surface area (Å²) in [5.74, 6) is 0.440. The molecule has 3 fully saturated rings. The van der Waals surface area contributed by atoms with Crippen LogP contribution in [0.5, 0.6) is 0 Å². The first kappa shape index (κ1) is 16.2. The van der Waals surface area contributed by atoms with Crippen LogP contribution in [0.25, 0.3) is 0 Å². The van der Waals surface area contributed by atoms with E-state index < -0.39 is 5.60 Å². The summed E-state index contributed by atoms with van der Waals surface area (Å²) in [6.45, 7) is 13.1. The summed E-state index contributed by atoms with van der Waals surface area (Å²) in [6, 6.07) is 0. The van der Waals surface area contributed by atoms with Crippen LogP contribution in [0.1, 0.15) is 72.6 Å². The van der Waals surface area contributed by atoms with Crippen LogP contribution in [0, 0.1) is 28.1 Å². The Morgan fingerprint density at radius 1 is 1.14 bits per heavy atom. The van der Waals surface area contributed by atoms with E-state index in [4.69, 9.17) is 0 Å². The number of rotatable bonds is 1. The van der Waals surface area contributed by atoms with E-state index in [1.165, 1.54) is 6.42 Å². The number of allylic oxidation sites excluding steroid dienone is 1. The second-order valence-corrected chi connectivity index (χ2v) is 9.38. The van der Waals surface area contributed by atoms with Crippen LogP contribution in [0.15, 0.2) is 12.7 Å². The highest BCUT2D eigenvalue weighted by molar-refractivity contribution is 5.84. The van der Waals surface area contributed by atoms with Gasteiger partial charge in [0.25, 0.3) is 0 Å². The Morgan fingerprint density at radius 3 is 2.45 bits per heavy atom. The first-order valence-corrected chi connectivity index (χ1v) is 8.99. The molecule has 0 aromatic carbocycles. The molecule has 0 aliphatic heterocycles. The minimum absolute atomic E-state index is 0.146. The van der Waals surface area contributed by atoms with Gasteiger partial charge in [-0.2, -0.15) is 0 Å². The van der Waals surface area contributed by atoms with Crippen molar-refractivity contribution >= 4 is 5.78 Å². The summed E-state index contributed by atoms with van der Waals surface area (Å²) in [4.78, 5) is 13.0. The zero-order chi connectivity index (χ0) is 16.4. The quantitative estimate of drug-likeness (QED) is 0.723. The van der Waals surface area contributed by atoms with Gasteiger partial charge >= 0.3 is 0 Å². The van der Waals surface area contributed by atoms with Crippen LogP contribution in [-0.2, 0) is 4.79 Å². The molecule has 3 saturated carbocycles. The van der Waals surface area contributed by atoms with E-state index in [2.05, 4.69) is 34.3 Å². The SMILES string of the molecule is C=C[C@@]1(C)CC[C@@]2(O)C1C(=O)CC[C@H]1C(C)(C)CCC[C@@]12C. The topological polar surface area (TPSA) is 37.3 Å². The molecule has 0 spiro atoms. The Hall–Kier alpha value is -0.630. The Labute approximate surface area is 135 Å². The van der Waals surface area contributed by atoms with E-state index in [0.29, 0.717) is 12.3 Å². The van der Waals surface area contributed by atoms with Gasteiger partial charge in [0.15, 0.2) is 0 Å². The maximum atomic E-state index is 13.0. The average Bonchev–Trinajstić information content (AvgIpc) is 2.66. The smallest absolute Gasteiger partial charge is 0.139 e. The molecule has 3 rings (SSSR count). The monoisotopic (exact) mass is 304 g/mol. The van der Waals surface area contributed by atoms with Crippen LogP contribution in [0.4, 0.5) is 0 Å². The highest BCUT2D eigenvalue weighted by Crippen LogP contribution is 2.67. The van der Waals surface area contributed by atoms with Gasteiger partial charge in [-0.1, -0.05) is 40.2 Å². The highest BCUT2D eigenvalue weighted by Gasteiger charge is 2.68. The maximum absolute atomic E-state index is 13.0. The lowest BCUT2D eigenvalue weighted by atomic mass is 9.49. The van der Waals surface area contributed by atoms with Crippen LogP contribution in [0.3, 0.4) is 0 Å².